The van der Waals surface area contributed by atoms with E-state index in [-0.39, 0.29) is 35.8 Å². The van der Waals surface area contributed by atoms with Crippen LogP contribution >= 0.6 is 11.3 Å². The number of hydrogen-bond acceptors (Lipinski definition) is 4. The van der Waals surface area contributed by atoms with E-state index in [0.29, 0.717) is 13.1 Å². The van der Waals surface area contributed by atoms with Crippen molar-refractivity contribution in [1.29, 1.82) is 0 Å². The summed E-state index contributed by atoms with van der Waals surface area (Å²) in [5.74, 6) is 0.248. The van der Waals surface area contributed by atoms with Crippen LogP contribution in [0, 0.1) is 19.8 Å². The number of piperidine rings is 1. The number of carbonyl (C=O) groups excluding carboxylic acids is 1. The van der Waals surface area contributed by atoms with Gasteiger partial charge in [-0.25, -0.2) is 0 Å². The molecule has 0 spiro atoms. The lowest BCUT2D eigenvalue weighted by Gasteiger charge is -2.38. The summed E-state index contributed by atoms with van der Waals surface area (Å²) in [4.78, 5) is 27.3. The van der Waals surface area contributed by atoms with Gasteiger partial charge in [0, 0.05) is 36.2 Å². The lowest BCUT2D eigenvalue weighted by Crippen LogP contribution is -2.46. The van der Waals surface area contributed by atoms with Gasteiger partial charge in [0.05, 0.1) is 0 Å². The van der Waals surface area contributed by atoms with E-state index in [0.717, 1.165) is 17.0 Å². The molecule has 3 rings (SSSR count). The van der Waals surface area contributed by atoms with Crippen LogP contribution in [0.5, 0.6) is 0 Å². The lowest BCUT2D eigenvalue weighted by molar-refractivity contribution is -0.134. The van der Waals surface area contributed by atoms with E-state index < -0.39 is 0 Å². The number of rotatable bonds is 4. The fourth-order valence-electron chi connectivity index (χ4n) is 3.59. The Bertz CT molecular complexity index is 797. The van der Waals surface area contributed by atoms with Crippen LogP contribution in [0.3, 0.4) is 0 Å². The van der Waals surface area contributed by atoms with Crippen molar-refractivity contribution in [2.45, 2.75) is 32.7 Å². The largest absolute Gasteiger partial charge is 0.396 e. The van der Waals surface area contributed by atoms with Crippen molar-refractivity contribution in [2.24, 2.45) is 5.92 Å². The third-order valence-electron chi connectivity index (χ3n) is 5.22. The molecule has 2 heterocycles. The highest BCUT2D eigenvalue weighted by atomic mass is 32.1. The van der Waals surface area contributed by atoms with E-state index in [1.165, 1.54) is 16.9 Å². The number of likely N-dealkylation sites (tertiary alicyclic amines) is 1. The molecule has 5 nitrogen and oxygen atoms in total. The second-order valence-corrected chi connectivity index (χ2v) is 7.85. The maximum atomic E-state index is 12.7. The van der Waals surface area contributed by atoms with Crippen molar-refractivity contribution in [1.82, 2.24) is 9.47 Å². The molecule has 1 fully saturated rings. The first-order chi connectivity index (χ1) is 12.0. The minimum Gasteiger partial charge on any atom is -0.396 e. The number of amides is 1. The number of carbonyl (C=O) groups is 1. The van der Waals surface area contributed by atoms with Gasteiger partial charge in [0.15, 0.2) is 0 Å². The summed E-state index contributed by atoms with van der Waals surface area (Å²) in [6.07, 6.45) is 0.831. The Morgan fingerprint density at radius 3 is 2.60 bits per heavy atom. The van der Waals surface area contributed by atoms with Gasteiger partial charge in [0.2, 0.25) is 5.91 Å². The maximum Gasteiger partial charge on any atom is 0.308 e. The van der Waals surface area contributed by atoms with E-state index in [9.17, 15) is 14.7 Å². The average molecular weight is 360 g/mol. The Morgan fingerprint density at radius 1 is 1.28 bits per heavy atom. The normalized spacial score (nSPS) is 20.7. The van der Waals surface area contributed by atoms with Gasteiger partial charge in [0.1, 0.15) is 6.54 Å². The molecule has 0 radical (unpaired) electrons. The quantitative estimate of drug-likeness (QED) is 0.909. The van der Waals surface area contributed by atoms with Gasteiger partial charge in [-0.15, -0.1) is 0 Å². The summed E-state index contributed by atoms with van der Waals surface area (Å²) in [5, 5.41) is 9.81. The van der Waals surface area contributed by atoms with Gasteiger partial charge in [-0.1, -0.05) is 41.7 Å². The molecule has 6 heteroatoms. The molecule has 2 aromatic rings. The Balaban J connectivity index is 1.70. The highest BCUT2D eigenvalue weighted by molar-refractivity contribution is 7.09. The van der Waals surface area contributed by atoms with Gasteiger partial charge in [-0.05, 0) is 31.7 Å². The van der Waals surface area contributed by atoms with Crippen molar-refractivity contribution in [2.75, 3.05) is 19.7 Å². The number of thiazole rings is 1. The van der Waals surface area contributed by atoms with Crippen LogP contribution in [0.2, 0.25) is 0 Å². The first-order valence-electron chi connectivity index (χ1n) is 8.61. The minimum atomic E-state index is -0.0822. The van der Waals surface area contributed by atoms with Gasteiger partial charge in [-0.2, -0.15) is 0 Å². The van der Waals surface area contributed by atoms with Gasteiger partial charge in [0.25, 0.3) is 0 Å². The number of benzene rings is 1. The SMILES string of the molecule is Cc1sc(=O)n(CC(=O)N2CC[C@H](c3ccccc3)[C@H](CO)C2)c1C. The molecule has 1 amide bonds. The zero-order valence-corrected chi connectivity index (χ0v) is 15.5. The Morgan fingerprint density at radius 2 is 2.00 bits per heavy atom. The maximum absolute atomic E-state index is 12.7. The molecule has 0 saturated carbocycles. The van der Waals surface area contributed by atoms with Crippen LogP contribution in [-0.4, -0.2) is 40.2 Å². The summed E-state index contributed by atoms with van der Waals surface area (Å²) in [6, 6.07) is 10.2. The van der Waals surface area contributed by atoms with E-state index in [1.54, 1.807) is 9.47 Å². The number of hydrogen-bond donors (Lipinski definition) is 1. The van der Waals surface area contributed by atoms with Gasteiger partial charge < -0.3 is 10.0 Å². The molecule has 25 heavy (non-hydrogen) atoms. The summed E-state index contributed by atoms with van der Waals surface area (Å²) >= 11 is 1.18. The Kier molecular flexibility index (Phi) is 5.39. The van der Waals surface area contributed by atoms with Gasteiger partial charge >= 0.3 is 4.87 Å². The number of nitrogens with zero attached hydrogens (tertiary/aromatic N) is 2. The van der Waals surface area contributed by atoms with Crippen molar-refractivity contribution in [3.05, 3.63) is 56.1 Å². The molecule has 0 unspecified atom stereocenters. The summed E-state index contributed by atoms with van der Waals surface area (Å²) in [5.41, 5.74) is 2.08. The van der Waals surface area contributed by atoms with E-state index >= 15 is 0 Å². The van der Waals surface area contributed by atoms with Crippen LogP contribution < -0.4 is 4.87 Å². The summed E-state index contributed by atoms with van der Waals surface area (Å²) < 4.78 is 1.56. The minimum absolute atomic E-state index is 0.0297. The first-order valence-corrected chi connectivity index (χ1v) is 9.43. The van der Waals surface area contributed by atoms with Crippen LogP contribution in [0.4, 0.5) is 0 Å². The second kappa shape index (κ2) is 7.54. The van der Waals surface area contributed by atoms with E-state index in [4.69, 9.17) is 0 Å². The smallest absolute Gasteiger partial charge is 0.308 e. The second-order valence-electron chi connectivity index (χ2n) is 6.68. The number of aliphatic hydroxyl groups excluding tert-OH is 1. The molecule has 1 N–H and O–H groups in total. The Labute approximate surface area is 151 Å². The monoisotopic (exact) mass is 360 g/mol. The van der Waals surface area contributed by atoms with Crippen LogP contribution in [0.15, 0.2) is 35.1 Å². The van der Waals surface area contributed by atoms with Crippen molar-refractivity contribution < 1.29 is 9.90 Å². The average Bonchev–Trinajstić information content (AvgIpc) is 2.88. The first kappa shape index (κ1) is 17.9. The van der Waals surface area contributed by atoms with Gasteiger partial charge in [-0.3, -0.25) is 14.2 Å². The third-order valence-corrected chi connectivity index (χ3v) is 6.21. The highest BCUT2D eigenvalue weighted by Gasteiger charge is 2.32. The molecular weight excluding hydrogens is 336 g/mol. The fraction of sp³-hybridized carbons (Fsp3) is 0.474. The molecular formula is C19H24N2O3S. The van der Waals surface area contributed by atoms with E-state index in [2.05, 4.69) is 12.1 Å². The standard InChI is InChI=1S/C19H24N2O3S/c1-13-14(2)25-19(24)21(13)11-18(23)20-9-8-17(16(10-20)12-22)15-6-4-3-5-7-15/h3-7,16-17,22H,8-12H2,1-2H3/t16-,17+/m0/s1. The predicted octanol–water partition coefficient (Wildman–Crippen LogP) is 2.15. The van der Waals surface area contributed by atoms with Crippen LogP contribution in [0.1, 0.15) is 28.5 Å². The molecule has 0 bridgehead atoms. The number of aryl methyl sites for hydroxylation is 1. The number of aliphatic hydroxyl groups is 1. The zero-order valence-electron chi connectivity index (χ0n) is 14.6. The van der Waals surface area contributed by atoms with Crippen molar-refractivity contribution in [3.63, 3.8) is 0 Å². The highest BCUT2D eigenvalue weighted by Crippen LogP contribution is 2.32. The van der Waals surface area contributed by atoms with Crippen LogP contribution in [-0.2, 0) is 11.3 Å². The van der Waals surface area contributed by atoms with E-state index in [1.807, 2.05) is 32.0 Å². The summed E-state index contributed by atoms with van der Waals surface area (Å²) in [7, 11) is 0. The molecule has 1 aliphatic heterocycles. The molecule has 1 aromatic carbocycles. The Hall–Kier alpha value is -1.92. The number of aromatic nitrogens is 1. The van der Waals surface area contributed by atoms with Crippen molar-refractivity contribution in [3.8, 4) is 0 Å². The lowest BCUT2D eigenvalue weighted by atomic mass is 9.81. The molecule has 134 valence electrons. The van der Waals surface area contributed by atoms with Crippen LogP contribution in [0.25, 0.3) is 0 Å². The molecule has 1 saturated heterocycles. The van der Waals surface area contributed by atoms with Crippen molar-refractivity contribution >= 4 is 17.2 Å². The predicted molar refractivity (Wildman–Crippen MR) is 99.0 cm³/mol. The fourth-order valence-corrected chi connectivity index (χ4v) is 4.42. The topological polar surface area (TPSA) is 62.5 Å². The molecule has 2 atom stereocenters. The summed E-state index contributed by atoms with van der Waals surface area (Å²) in [6.45, 7) is 5.11. The zero-order chi connectivity index (χ0) is 18.0. The third kappa shape index (κ3) is 3.70. The molecule has 0 aliphatic carbocycles. The molecule has 1 aromatic heterocycles. The molecule has 1 aliphatic rings.